The standard InChI is InChI=1S/C16H13BrFN3/c17-13-6-5-11(15(18)7-13)9-21-10-12(8-20-21)14-3-1-2-4-16(14)19/h1-8,10H,9,19H2. The van der Waals surface area contributed by atoms with Crippen molar-refractivity contribution >= 4 is 21.6 Å². The molecule has 0 saturated heterocycles. The number of aromatic nitrogens is 2. The summed E-state index contributed by atoms with van der Waals surface area (Å²) in [5.74, 6) is -0.249. The molecule has 106 valence electrons. The van der Waals surface area contributed by atoms with Crippen LogP contribution in [0.15, 0.2) is 59.3 Å². The summed E-state index contributed by atoms with van der Waals surface area (Å²) in [6.07, 6.45) is 3.61. The Morgan fingerprint density at radius 1 is 1.19 bits per heavy atom. The zero-order valence-corrected chi connectivity index (χ0v) is 12.7. The maximum absolute atomic E-state index is 13.8. The number of nitrogens with two attached hydrogens (primary N) is 1. The van der Waals surface area contributed by atoms with Gasteiger partial charge in [-0.15, -0.1) is 0 Å². The molecule has 1 aromatic heterocycles. The van der Waals surface area contributed by atoms with Crippen LogP contribution in [0.1, 0.15) is 5.56 Å². The third-order valence-corrected chi connectivity index (χ3v) is 3.75. The molecule has 0 aliphatic heterocycles. The summed E-state index contributed by atoms with van der Waals surface area (Å²) in [4.78, 5) is 0. The molecule has 3 aromatic rings. The largest absolute Gasteiger partial charge is 0.398 e. The van der Waals surface area contributed by atoms with Gasteiger partial charge in [0.05, 0.1) is 12.7 Å². The number of hydrogen-bond donors (Lipinski definition) is 1. The fourth-order valence-electron chi connectivity index (χ4n) is 2.17. The highest BCUT2D eigenvalue weighted by atomic mass is 79.9. The van der Waals surface area contributed by atoms with E-state index in [1.54, 1.807) is 16.9 Å². The summed E-state index contributed by atoms with van der Waals surface area (Å²) in [5, 5.41) is 4.28. The van der Waals surface area contributed by atoms with Gasteiger partial charge < -0.3 is 5.73 Å². The lowest BCUT2D eigenvalue weighted by atomic mass is 10.1. The molecule has 0 bridgehead atoms. The van der Waals surface area contributed by atoms with Crippen LogP contribution in [0.4, 0.5) is 10.1 Å². The third kappa shape index (κ3) is 2.97. The van der Waals surface area contributed by atoms with Gasteiger partial charge in [0, 0.05) is 33.0 Å². The molecule has 0 aliphatic carbocycles. The lowest BCUT2D eigenvalue weighted by Crippen LogP contribution is -2.02. The van der Waals surface area contributed by atoms with E-state index in [9.17, 15) is 4.39 Å². The van der Waals surface area contributed by atoms with Crippen LogP contribution in [0.25, 0.3) is 11.1 Å². The second-order valence-corrected chi connectivity index (χ2v) is 5.67. The monoisotopic (exact) mass is 345 g/mol. The van der Waals surface area contributed by atoms with Crippen molar-refractivity contribution < 1.29 is 4.39 Å². The number of nitrogen functional groups attached to an aromatic ring is 1. The molecule has 0 amide bonds. The highest BCUT2D eigenvalue weighted by molar-refractivity contribution is 9.10. The van der Waals surface area contributed by atoms with Crippen molar-refractivity contribution in [3.63, 3.8) is 0 Å². The van der Waals surface area contributed by atoms with Gasteiger partial charge in [-0.05, 0) is 18.2 Å². The predicted molar refractivity (Wildman–Crippen MR) is 85.3 cm³/mol. The molecule has 3 rings (SSSR count). The van der Waals surface area contributed by atoms with Crippen molar-refractivity contribution in [2.24, 2.45) is 0 Å². The van der Waals surface area contributed by atoms with Crippen LogP contribution in [-0.4, -0.2) is 9.78 Å². The third-order valence-electron chi connectivity index (χ3n) is 3.25. The highest BCUT2D eigenvalue weighted by Crippen LogP contribution is 2.25. The number of nitrogens with zero attached hydrogens (tertiary/aromatic N) is 2. The van der Waals surface area contributed by atoms with Crippen LogP contribution >= 0.6 is 15.9 Å². The molecule has 0 radical (unpaired) electrons. The van der Waals surface area contributed by atoms with Crippen molar-refractivity contribution in [3.05, 3.63) is 70.7 Å². The van der Waals surface area contributed by atoms with Crippen molar-refractivity contribution in [1.29, 1.82) is 0 Å². The van der Waals surface area contributed by atoms with Gasteiger partial charge in [0.15, 0.2) is 0 Å². The highest BCUT2D eigenvalue weighted by Gasteiger charge is 2.07. The Balaban J connectivity index is 1.87. The molecule has 2 aromatic carbocycles. The zero-order chi connectivity index (χ0) is 14.8. The number of hydrogen-bond acceptors (Lipinski definition) is 2. The summed E-state index contributed by atoms with van der Waals surface area (Å²) in [6.45, 7) is 0.381. The van der Waals surface area contributed by atoms with Crippen LogP contribution in [0.3, 0.4) is 0 Å². The Labute approximate surface area is 130 Å². The van der Waals surface area contributed by atoms with Gasteiger partial charge in [-0.3, -0.25) is 4.68 Å². The fourth-order valence-corrected chi connectivity index (χ4v) is 2.51. The van der Waals surface area contributed by atoms with Gasteiger partial charge in [0.1, 0.15) is 5.82 Å². The van der Waals surface area contributed by atoms with Gasteiger partial charge in [0.2, 0.25) is 0 Å². The summed E-state index contributed by atoms with van der Waals surface area (Å²) in [7, 11) is 0. The molecule has 5 heteroatoms. The number of rotatable bonds is 3. The molecular weight excluding hydrogens is 333 g/mol. The first-order valence-corrected chi connectivity index (χ1v) is 7.24. The number of halogens is 2. The van der Waals surface area contributed by atoms with E-state index < -0.39 is 0 Å². The first kappa shape index (κ1) is 13.8. The molecule has 1 heterocycles. The van der Waals surface area contributed by atoms with E-state index in [1.165, 1.54) is 6.07 Å². The van der Waals surface area contributed by atoms with E-state index in [4.69, 9.17) is 5.73 Å². The van der Waals surface area contributed by atoms with E-state index >= 15 is 0 Å². The van der Waals surface area contributed by atoms with Crippen molar-refractivity contribution in [2.45, 2.75) is 6.54 Å². The first-order chi connectivity index (χ1) is 10.1. The molecule has 3 nitrogen and oxygen atoms in total. The second-order valence-electron chi connectivity index (χ2n) is 4.75. The SMILES string of the molecule is Nc1ccccc1-c1cnn(Cc2ccc(Br)cc2F)c1. The maximum atomic E-state index is 13.8. The normalized spacial score (nSPS) is 10.8. The smallest absolute Gasteiger partial charge is 0.129 e. The van der Waals surface area contributed by atoms with E-state index in [2.05, 4.69) is 21.0 Å². The summed E-state index contributed by atoms with van der Waals surface area (Å²) in [6, 6.07) is 12.6. The summed E-state index contributed by atoms with van der Waals surface area (Å²) >= 11 is 3.25. The zero-order valence-electron chi connectivity index (χ0n) is 11.1. The number of benzene rings is 2. The molecule has 0 unspecified atom stereocenters. The van der Waals surface area contributed by atoms with E-state index in [0.717, 1.165) is 15.6 Å². The number of anilines is 1. The van der Waals surface area contributed by atoms with Gasteiger partial charge >= 0.3 is 0 Å². The Bertz CT molecular complexity index is 783. The summed E-state index contributed by atoms with van der Waals surface area (Å²) in [5.41, 5.74) is 9.10. The average molecular weight is 346 g/mol. The average Bonchev–Trinajstić information content (AvgIpc) is 2.91. The van der Waals surface area contributed by atoms with Crippen molar-refractivity contribution in [1.82, 2.24) is 9.78 Å². The Hall–Kier alpha value is -2.14. The van der Waals surface area contributed by atoms with Crippen LogP contribution in [0, 0.1) is 5.82 Å². The maximum Gasteiger partial charge on any atom is 0.129 e. The van der Waals surface area contributed by atoms with Crippen LogP contribution in [-0.2, 0) is 6.54 Å². The van der Waals surface area contributed by atoms with Crippen molar-refractivity contribution in [3.8, 4) is 11.1 Å². The molecule has 0 saturated carbocycles. The lowest BCUT2D eigenvalue weighted by Gasteiger charge is -2.04. The lowest BCUT2D eigenvalue weighted by molar-refractivity contribution is 0.584. The predicted octanol–water partition coefficient (Wildman–Crippen LogP) is 4.08. The minimum Gasteiger partial charge on any atom is -0.398 e. The van der Waals surface area contributed by atoms with Gasteiger partial charge in [0.25, 0.3) is 0 Å². The van der Waals surface area contributed by atoms with E-state index in [0.29, 0.717) is 17.8 Å². The van der Waals surface area contributed by atoms with Crippen LogP contribution in [0.2, 0.25) is 0 Å². The fraction of sp³-hybridized carbons (Fsp3) is 0.0625. The molecule has 0 aliphatic rings. The first-order valence-electron chi connectivity index (χ1n) is 6.45. The molecular formula is C16H13BrFN3. The summed E-state index contributed by atoms with van der Waals surface area (Å²) < 4.78 is 16.3. The Morgan fingerprint density at radius 3 is 2.76 bits per heavy atom. The van der Waals surface area contributed by atoms with Gasteiger partial charge in [-0.1, -0.05) is 40.2 Å². The minimum absolute atomic E-state index is 0.249. The van der Waals surface area contributed by atoms with Gasteiger partial charge in [-0.2, -0.15) is 5.10 Å². The van der Waals surface area contributed by atoms with E-state index in [-0.39, 0.29) is 5.82 Å². The van der Waals surface area contributed by atoms with E-state index in [1.807, 2.05) is 36.5 Å². The van der Waals surface area contributed by atoms with Gasteiger partial charge in [-0.25, -0.2) is 4.39 Å². The topological polar surface area (TPSA) is 43.8 Å². The molecule has 0 fully saturated rings. The number of para-hydroxylation sites is 1. The molecule has 0 atom stereocenters. The minimum atomic E-state index is -0.249. The van der Waals surface area contributed by atoms with Crippen LogP contribution < -0.4 is 5.73 Å². The molecule has 21 heavy (non-hydrogen) atoms. The Morgan fingerprint density at radius 2 is 2.00 bits per heavy atom. The quantitative estimate of drug-likeness (QED) is 0.726. The molecule has 2 N–H and O–H groups in total. The molecule has 0 spiro atoms. The Kier molecular flexibility index (Phi) is 3.75. The second kappa shape index (κ2) is 5.69. The van der Waals surface area contributed by atoms with Crippen molar-refractivity contribution in [2.75, 3.05) is 5.73 Å². The van der Waals surface area contributed by atoms with Crippen LogP contribution in [0.5, 0.6) is 0 Å².